The van der Waals surface area contributed by atoms with E-state index in [9.17, 15) is 19.4 Å². The van der Waals surface area contributed by atoms with Crippen molar-refractivity contribution < 1.29 is 32.9 Å². The first kappa shape index (κ1) is 69.5. The van der Waals surface area contributed by atoms with E-state index in [1.807, 2.05) is 21.1 Å². The first-order valence-corrected chi connectivity index (χ1v) is 32.9. The third-order valence-electron chi connectivity index (χ3n) is 14.9. The fourth-order valence-corrected chi connectivity index (χ4v) is 10.7. The van der Waals surface area contributed by atoms with Crippen molar-refractivity contribution in [3.63, 3.8) is 0 Å². The van der Waals surface area contributed by atoms with E-state index in [0.29, 0.717) is 23.9 Å². The lowest BCUT2D eigenvalue weighted by atomic mass is 10.0. The van der Waals surface area contributed by atoms with Gasteiger partial charge in [-0.1, -0.05) is 316 Å². The molecule has 0 saturated carbocycles. The van der Waals surface area contributed by atoms with Crippen LogP contribution in [0.5, 0.6) is 0 Å². The SMILES string of the molecule is CCCCCCCCCCCCCCCCCCCCCCCCCCCCCCCCCCCCCCCCCC(=O)NC(COP(=O)(O)OCC[N+](C)(C)C)C(O)CCCCCCCCCCC. The minimum atomic E-state index is -4.31. The van der Waals surface area contributed by atoms with Crippen LogP contribution in [0.25, 0.3) is 0 Å². The monoisotopic (exact) mass is 1010 g/mol. The van der Waals surface area contributed by atoms with Gasteiger partial charge in [0.25, 0.3) is 0 Å². The van der Waals surface area contributed by atoms with Crippen LogP contribution in [-0.4, -0.2) is 73.4 Å². The van der Waals surface area contributed by atoms with Gasteiger partial charge in [0.2, 0.25) is 5.91 Å². The van der Waals surface area contributed by atoms with Crippen molar-refractivity contribution in [2.45, 2.75) is 347 Å². The van der Waals surface area contributed by atoms with Crippen LogP contribution in [0.3, 0.4) is 0 Å². The smallest absolute Gasteiger partial charge is 0.391 e. The molecule has 0 fully saturated rings. The van der Waals surface area contributed by atoms with Gasteiger partial charge >= 0.3 is 7.82 Å². The van der Waals surface area contributed by atoms with Gasteiger partial charge in [-0.2, -0.15) is 0 Å². The van der Waals surface area contributed by atoms with Crippen LogP contribution in [-0.2, 0) is 18.4 Å². The lowest BCUT2D eigenvalue weighted by Gasteiger charge is -2.26. The lowest BCUT2D eigenvalue weighted by molar-refractivity contribution is -0.870. The summed E-state index contributed by atoms with van der Waals surface area (Å²) in [5, 5.41) is 14.0. The first-order valence-electron chi connectivity index (χ1n) is 31.4. The summed E-state index contributed by atoms with van der Waals surface area (Å²) in [6.07, 6.45) is 65.1. The average molecular weight is 1010 g/mol. The zero-order valence-corrected chi connectivity index (χ0v) is 48.9. The summed E-state index contributed by atoms with van der Waals surface area (Å²) < 4.78 is 23.7. The molecule has 0 spiro atoms. The highest BCUT2D eigenvalue weighted by Crippen LogP contribution is 2.43. The van der Waals surface area contributed by atoms with Gasteiger partial charge in [-0.15, -0.1) is 0 Å². The van der Waals surface area contributed by atoms with Crippen molar-refractivity contribution in [1.29, 1.82) is 0 Å². The first-order chi connectivity index (χ1) is 34.0. The summed E-state index contributed by atoms with van der Waals surface area (Å²) in [7, 11) is 1.63. The molecular formula is C61H126N2O6P+. The molecule has 0 aliphatic rings. The number of aliphatic hydroxyl groups excluding tert-OH is 1. The number of nitrogens with one attached hydrogen (secondary N) is 1. The van der Waals surface area contributed by atoms with Gasteiger partial charge in [0, 0.05) is 6.42 Å². The topological polar surface area (TPSA) is 105 Å². The van der Waals surface area contributed by atoms with Crippen molar-refractivity contribution >= 4 is 13.7 Å². The maximum Gasteiger partial charge on any atom is 0.472 e. The van der Waals surface area contributed by atoms with Gasteiger partial charge in [0.1, 0.15) is 13.2 Å². The van der Waals surface area contributed by atoms with Crippen LogP contribution >= 0.6 is 7.82 Å². The zero-order valence-electron chi connectivity index (χ0n) is 48.1. The van der Waals surface area contributed by atoms with Crippen molar-refractivity contribution in [3.05, 3.63) is 0 Å². The predicted molar refractivity (Wildman–Crippen MR) is 305 cm³/mol. The molecule has 3 unspecified atom stereocenters. The number of nitrogens with zero attached hydrogens (tertiary/aromatic N) is 1. The zero-order chi connectivity index (χ0) is 51.3. The molecule has 0 aliphatic heterocycles. The number of phosphoric ester groups is 1. The van der Waals surface area contributed by atoms with E-state index in [-0.39, 0.29) is 19.1 Å². The fourth-order valence-electron chi connectivity index (χ4n) is 9.93. The Morgan fingerprint density at radius 2 is 0.686 bits per heavy atom. The number of carbonyl (C=O) groups is 1. The minimum absolute atomic E-state index is 0.0785. The second-order valence-corrected chi connectivity index (χ2v) is 24.6. The summed E-state index contributed by atoms with van der Waals surface area (Å²) in [6, 6.07) is -0.753. The molecule has 3 N–H and O–H groups in total. The van der Waals surface area contributed by atoms with Gasteiger partial charge in [-0.05, 0) is 12.8 Å². The molecule has 8 nitrogen and oxygen atoms in total. The van der Waals surface area contributed by atoms with E-state index in [0.717, 1.165) is 38.5 Å². The molecule has 9 heteroatoms. The van der Waals surface area contributed by atoms with Gasteiger partial charge < -0.3 is 19.8 Å². The Morgan fingerprint density at radius 3 is 0.957 bits per heavy atom. The largest absolute Gasteiger partial charge is 0.472 e. The highest BCUT2D eigenvalue weighted by Gasteiger charge is 2.28. The Bertz CT molecular complexity index is 1100. The summed E-state index contributed by atoms with van der Waals surface area (Å²) in [4.78, 5) is 23.2. The van der Waals surface area contributed by atoms with E-state index in [4.69, 9.17) is 9.05 Å². The molecule has 0 aliphatic carbocycles. The third kappa shape index (κ3) is 55.3. The number of aliphatic hydroxyl groups is 1. The van der Waals surface area contributed by atoms with Gasteiger partial charge in [-0.25, -0.2) is 4.57 Å². The van der Waals surface area contributed by atoms with Gasteiger partial charge in [-0.3, -0.25) is 13.8 Å². The third-order valence-corrected chi connectivity index (χ3v) is 15.8. The van der Waals surface area contributed by atoms with Crippen LogP contribution in [0.4, 0.5) is 0 Å². The average Bonchev–Trinajstić information content (AvgIpc) is 3.32. The molecule has 0 bridgehead atoms. The summed E-state index contributed by atoms with van der Waals surface area (Å²) in [5.74, 6) is -0.139. The minimum Gasteiger partial charge on any atom is -0.391 e. The van der Waals surface area contributed by atoms with Crippen LogP contribution in [0.15, 0.2) is 0 Å². The molecule has 70 heavy (non-hydrogen) atoms. The molecule has 0 aromatic carbocycles. The van der Waals surface area contributed by atoms with Crippen molar-refractivity contribution in [2.75, 3.05) is 40.9 Å². The van der Waals surface area contributed by atoms with Crippen LogP contribution in [0, 0.1) is 0 Å². The number of amides is 1. The molecular weight excluding hydrogens is 888 g/mol. The normalized spacial score (nSPS) is 13.8. The Balaban J connectivity index is 3.71. The number of rotatable bonds is 59. The van der Waals surface area contributed by atoms with Crippen molar-refractivity contribution in [3.8, 4) is 0 Å². The second-order valence-electron chi connectivity index (χ2n) is 23.2. The number of quaternary nitrogens is 1. The van der Waals surface area contributed by atoms with E-state index in [1.165, 1.54) is 270 Å². The van der Waals surface area contributed by atoms with E-state index < -0.39 is 20.0 Å². The van der Waals surface area contributed by atoms with Crippen molar-refractivity contribution in [1.82, 2.24) is 5.32 Å². The Morgan fingerprint density at radius 1 is 0.429 bits per heavy atom. The number of hydrogen-bond acceptors (Lipinski definition) is 5. The maximum atomic E-state index is 12.9. The lowest BCUT2D eigenvalue weighted by Crippen LogP contribution is -2.46. The molecule has 0 saturated heterocycles. The summed E-state index contributed by atoms with van der Waals surface area (Å²) >= 11 is 0. The molecule has 1 amide bonds. The number of likely N-dealkylation sites (N-methyl/N-ethyl adjacent to an activating group) is 1. The molecule has 0 rings (SSSR count). The molecule has 3 atom stereocenters. The molecule has 420 valence electrons. The van der Waals surface area contributed by atoms with Crippen LogP contribution < -0.4 is 5.32 Å². The molecule has 0 heterocycles. The molecule has 0 aromatic rings. The Labute approximate surface area is 438 Å². The number of unbranched alkanes of at least 4 members (excludes halogenated alkanes) is 46. The summed E-state index contributed by atoms with van der Waals surface area (Å²) in [5.41, 5.74) is 0. The second kappa shape index (κ2) is 53.3. The van der Waals surface area contributed by atoms with E-state index in [2.05, 4.69) is 19.2 Å². The highest BCUT2D eigenvalue weighted by molar-refractivity contribution is 7.47. The van der Waals surface area contributed by atoms with Gasteiger partial charge in [0.05, 0.1) is 39.9 Å². The quantitative estimate of drug-likeness (QED) is 0.0318. The number of hydrogen-bond donors (Lipinski definition) is 3. The molecule has 0 radical (unpaired) electrons. The van der Waals surface area contributed by atoms with Crippen molar-refractivity contribution in [2.24, 2.45) is 0 Å². The summed E-state index contributed by atoms with van der Waals surface area (Å²) in [6.45, 7) is 4.91. The fraction of sp³-hybridized carbons (Fsp3) is 0.984. The molecule has 0 aromatic heterocycles. The van der Waals surface area contributed by atoms with Gasteiger partial charge in [0.15, 0.2) is 0 Å². The van der Waals surface area contributed by atoms with E-state index >= 15 is 0 Å². The van der Waals surface area contributed by atoms with Crippen LogP contribution in [0.2, 0.25) is 0 Å². The predicted octanol–water partition coefficient (Wildman–Crippen LogP) is 19.2. The number of carbonyl (C=O) groups excluding carboxylic acids is 1. The Hall–Kier alpha value is -0.500. The Kier molecular flexibility index (Phi) is 52.9. The standard InChI is InChI=1S/C61H125N2O6P/c1-6-8-10-12-14-16-17-18-19-20-21-22-23-24-25-26-27-28-29-30-31-32-33-34-35-36-37-38-39-40-41-42-43-44-45-47-49-51-53-55-61(65)62-59(58-69-70(66,67)68-57-56-63(3,4)5)60(64)54-52-50-48-46-15-13-11-9-7-2/h59-60,64H,6-58H2,1-5H3,(H-,62,65,66,67)/p+1. The maximum absolute atomic E-state index is 12.9. The van der Waals surface area contributed by atoms with Crippen LogP contribution in [0.1, 0.15) is 335 Å². The highest BCUT2D eigenvalue weighted by atomic mass is 31.2. The number of phosphoric acid groups is 1. The van der Waals surface area contributed by atoms with E-state index in [1.54, 1.807) is 0 Å².